The second-order valence-electron chi connectivity index (χ2n) is 2.98. The highest BCUT2D eigenvalue weighted by Gasteiger charge is 2.30. The lowest BCUT2D eigenvalue weighted by Gasteiger charge is -2.08. The van der Waals surface area contributed by atoms with Gasteiger partial charge in [0.05, 0.1) is 5.56 Å². The molecule has 1 rings (SSSR count). The molecule has 0 aliphatic heterocycles. The minimum Gasteiger partial charge on any atom is -0.319 e. The van der Waals surface area contributed by atoms with Gasteiger partial charge in [-0.15, -0.1) is 11.8 Å². The first kappa shape index (κ1) is 12.4. The van der Waals surface area contributed by atoms with Crippen molar-refractivity contribution in [3.8, 4) is 0 Å². The van der Waals surface area contributed by atoms with Crippen LogP contribution in [-0.4, -0.2) is 19.3 Å². The topological polar surface area (TPSA) is 12.0 Å². The molecule has 0 saturated heterocycles. The van der Waals surface area contributed by atoms with E-state index in [9.17, 15) is 13.2 Å². The summed E-state index contributed by atoms with van der Waals surface area (Å²) in [7, 11) is 1.81. The van der Waals surface area contributed by atoms with Gasteiger partial charge in [-0.1, -0.05) is 6.07 Å². The van der Waals surface area contributed by atoms with E-state index < -0.39 is 11.7 Å². The number of hydrogen-bond acceptors (Lipinski definition) is 2. The van der Waals surface area contributed by atoms with Crippen LogP contribution in [0.15, 0.2) is 29.2 Å². The molecule has 0 amide bonds. The average molecular weight is 235 g/mol. The smallest absolute Gasteiger partial charge is 0.319 e. The van der Waals surface area contributed by atoms with Crippen LogP contribution < -0.4 is 5.32 Å². The Morgan fingerprint density at radius 1 is 1.33 bits per heavy atom. The highest BCUT2D eigenvalue weighted by atomic mass is 32.2. The largest absolute Gasteiger partial charge is 0.416 e. The van der Waals surface area contributed by atoms with Crippen molar-refractivity contribution in [3.63, 3.8) is 0 Å². The summed E-state index contributed by atoms with van der Waals surface area (Å²) in [5, 5.41) is 2.94. The molecule has 0 aliphatic rings. The average Bonchev–Trinajstić information content (AvgIpc) is 2.17. The van der Waals surface area contributed by atoms with Crippen molar-refractivity contribution in [1.82, 2.24) is 5.32 Å². The highest BCUT2D eigenvalue weighted by molar-refractivity contribution is 7.99. The van der Waals surface area contributed by atoms with Gasteiger partial charge in [-0.05, 0) is 25.2 Å². The van der Waals surface area contributed by atoms with Crippen molar-refractivity contribution in [2.24, 2.45) is 0 Å². The maximum absolute atomic E-state index is 12.3. The Morgan fingerprint density at radius 3 is 2.67 bits per heavy atom. The van der Waals surface area contributed by atoms with Crippen molar-refractivity contribution < 1.29 is 13.2 Å². The van der Waals surface area contributed by atoms with Crippen LogP contribution in [-0.2, 0) is 6.18 Å². The van der Waals surface area contributed by atoms with Crippen molar-refractivity contribution in [2.45, 2.75) is 11.1 Å². The zero-order valence-electron chi connectivity index (χ0n) is 8.27. The summed E-state index contributed by atoms with van der Waals surface area (Å²) in [4.78, 5) is 0.653. The van der Waals surface area contributed by atoms with E-state index in [2.05, 4.69) is 5.32 Å². The summed E-state index contributed by atoms with van der Waals surface area (Å²) in [6.07, 6.45) is -4.25. The monoisotopic (exact) mass is 235 g/mol. The van der Waals surface area contributed by atoms with Crippen LogP contribution in [0.1, 0.15) is 5.56 Å². The van der Waals surface area contributed by atoms with Gasteiger partial charge in [0.1, 0.15) is 0 Å². The van der Waals surface area contributed by atoms with Crippen molar-refractivity contribution >= 4 is 11.8 Å². The van der Waals surface area contributed by atoms with E-state index in [1.54, 1.807) is 6.07 Å². The number of alkyl halides is 3. The number of rotatable bonds is 4. The van der Waals surface area contributed by atoms with Crippen LogP contribution in [0.4, 0.5) is 13.2 Å². The van der Waals surface area contributed by atoms with Gasteiger partial charge < -0.3 is 5.32 Å². The van der Waals surface area contributed by atoms with Crippen LogP contribution in [0.3, 0.4) is 0 Å². The lowest BCUT2D eigenvalue weighted by Crippen LogP contribution is -2.09. The van der Waals surface area contributed by atoms with Crippen LogP contribution >= 0.6 is 11.8 Å². The van der Waals surface area contributed by atoms with E-state index in [-0.39, 0.29) is 0 Å². The number of hydrogen-bond donors (Lipinski definition) is 1. The summed E-state index contributed by atoms with van der Waals surface area (Å²) < 4.78 is 37.0. The van der Waals surface area contributed by atoms with Crippen molar-refractivity contribution in [3.05, 3.63) is 29.8 Å². The summed E-state index contributed by atoms with van der Waals surface area (Å²) in [5.74, 6) is 0.762. The molecule has 15 heavy (non-hydrogen) atoms. The fraction of sp³-hybridized carbons (Fsp3) is 0.400. The Hall–Kier alpha value is -0.680. The molecule has 0 radical (unpaired) electrons. The Bertz CT molecular complexity index is 312. The predicted molar refractivity (Wildman–Crippen MR) is 56.1 cm³/mol. The van der Waals surface area contributed by atoms with Gasteiger partial charge in [-0.2, -0.15) is 13.2 Å². The number of thioether (sulfide) groups is 1. The van der Waals surface area contributed by atoms with Crippen molar-refractivity contribution in [1.29, 1.82) is 0 Å². The van der Waals surface area contributed by atoms with Crippen LogP contribution in [0, 0.1) is 0 Å². The predicted octanol–water partition coefficient (Wildman–Crippen LogP) is 3.02. The van der Waals surface area contributed by atoms with E-state index >= 15 is 0 Å². The minimum atomic E-state index is -4.25. The van der Waals surface area contributed by atoms with Gasteiger partial charge in [0.15, 0.2) is 0 Å². The standard InChI is InChI=1S/C10H12F3NS/c1-14-5-6-15-9-4-2-3-8(7-9)10(11,12)13/h2-4,7,14H,5-6H2,1H3. The summed E-state index contributed by atoms with van der Waals surface area (Å²) in [6, 6.07) is 5.39. The fourth-order valence-electron chi connectivity index (χ4n) is 1.03. The van der Waals surface area contributed by atoms with Gasteiger partial charge in [0.25, 0.3) is 0 Å². The Kier molecular flexibility index (Phi) is 4.47. The molecule has 0 aliphatic carbocycles. The first-order chi connectivity index (χ1) is 7.04. The molecule has 1 N–H and O–H groups in total. The van der Waals surface area contributed by atoms with Crippen LogP contribution in [0.5, 0.6) is 0 Å². The molecule has 0 saturated carbocycles. The molecule has 0 heterocycles. The molecule has 0 spiro atoms. The molecule has 0 fully saturated rings. The molecular formula is C10H12F3NS. The molecule has 5 heteroatoms. The Morgan fingerprint density at radius 2 is 2.07 bits per heavy atom. The molecule has 84 valence electrons. The summed E-state index contributed by atoms with van der Waals surface area (Å²) in [5.41, 5.74) is -0.586. The van der Waals surface area contributed by atoms with Crippen molar-refractivity contribution in [2.75, 3.05) is 19.3 Å². The fourth-order valence-corrected chi connectivity index (χ4v) is 1.96. The SMILES string of the molecule is CNCCSc1cccc(C(F)(F)F)c1. The molecule has 1 aromatic carbocycles. The first-order valence-electron chi connectivity index (χ1n) is 4.48. The molecule has 0 aromatic heterocycles. The number of benzene rings is 1. The maximum Gasteiger partial charge on any atom is 0.416 e. The minimum absolute atomic E-state index is 0.586. The van der Waals surface area contributed by atoms with Gasteiger partial charge in [-0.3, -0.25) is 0 Å². The van der Waals surface area contributed by atoms with E-state index in [4.69, 9.17) is 0 Å². The molecular weight excluding hydrogens is 223 g/mol. The number of halogens is 3. The molecule has 1 aromatic rings. The Balaban J connectivity index is 2.66. The highest BCUT2D eigenvalue weighted by Crippen LogP contribution is 2.31. The third kappa shape index (κ3) is 4.13. The lowest BCUT2D eigenvalue weighted by molar-refractivity contribution is -0.137. The quantitative estimate of drug-likeness (QED) is 0.636. The summed E-state index contributed by atoms with van der Waals surface area (Å²) in [6.45, 7) is 0.779. The second-order valence-corrected chi connectivity index (χ2v) is 4.15. The van der Waals surface area contributed by atoms with Gasteiger partial charge in [0.2, 0.25) is 0 Å². The van der Waals surface area contributed by atoms with Crippen LogP contribution in [0.25, 0.3) is 0 Å². The third-order valence-electron chi connectivity index (χ3n) is 1.78. The third-order valence-corrected chi connectivity index (χ3v) is 2.78. The van der Waals surface area contributed by atoms with E-state index in [0.717, 1.165) is 18.4 Å². The van der Waals surface area contributed by atoms with E-state index in [0.29, 0.717) is 4.90 Å². The van der Waals surface area contributed by atoms with E-state index in [1.165, 1.54) is 23.9 Å². The number of nitrogens with one attached hydrogen (secondary N) is 1. The normalized spacial score (nSPS) is 11.7. The van der Waals surface area contributed by atoms with Gasteiger partial charge >= 0.3 is 6.18 Å². The zero-order valence-corrected chi connectivity index (χ0v) is 9.08. The first-order valence-corrected chi connectivity index (χ1v) is 5.47. The molecule has 0 unspecified atom stereocenters. The van der Waals surface area contributed by atoms with Gasteiger partial charge in [-0.25, -0.2) is 0 Å². The second kappa shape index (κ2) is 5.42. The molecule has 0 atom stereocenters. The zero-order chi connectivity index (χ0) is 11.3. The maximum atomic E-state index is 12.3. The lowest BCUT2D eigenvalue weighted by atomic mass is 10.2. The van der Waals surface area contributed by atoms with Gasteiger partial charge in [0, 0.05) is 17.2 Å². The summed E-state index contributed by atoms with van der Waals surface area (Å²) >= 11 is 1.41. The van der Waals surface area contributed by atoms with Crippen LogP contribution in [0.2, 0.25) is 0 Å². The molecule has 0 bridgehead atoms. The van der Waals surface area contributed by atoms with E-state index in [1.807, 2.05) is 7.05 Å². The Labute approximate surface area is 91.1 Å². The molecule has 1 nitrogen and oxygen atoms in total.